The summed E-state index contributed by atoms with van der Waals surface area (Å²) in [4.78, 5) is 37.8. The molecule has 138 valence electrons. The van der Waals surface area contributed by atoms with Crippen LogP contribution in [0, 0.1) is 0 Å². The average Bonchev–Trinajstić information content (AvgIpc) is 2.50. The summed E-state index contributed by atoms with van der Waals surface area (Å²) in [6.07, 6.45) is 2.74. The molecule has 0 aliphatic carbocycles. The van der Waals surface area contributed by atoms with Crippen LogP contribution in [-0.2, 0) is 19.1 Å². The highest BCUT2D eigenvalue weighted by Crippen LogP contribution is 2.13. The van der Waals surface area contributed by atoms with E-state index in [0.717, 1.165) is 19.3 Å². The highest BCUT2D eigenvalue weighted by Gasteiger charge is 2.25. The van der Waals surface area contributed by atoms with Crippen LogP contribution in [0.2, 0.25) is 0 Å². The smallest absolute Gasteiger partial charge is 0.410 e. The van der Waals surface area contributed by atoms with Crippen LogP contribution >= 0.6 is 0 Å². The summed E-state index contributed by atoms with van der Waals surface area (Å²) < 4.78 is 10.4. The molecule has 0 aromatic rings. The molecular formula is C17H30N2O5. The molecule has 0 saturated carbocycles. The van der Waals surface area contributed by atoms with E-state index >= 15 is 0 Å². The van der Waals surface area contributed by atoms with Gasteiger partial charge in [0.1, 0.15) is 11.6 Å². The Bertz CT molecular complexity index is 445. The van der Waals surface area contributed by atoms with Crippen LogP contribution in [0.3, 0.4) is 0 Å². The van der Waals surface area contributed by atoms with Gasteiger partial charge in [-0.1, -0.05) is 12.8 Å². The molecule has 0 radical (unpaired) electrons. The average molecular weight is 342 g/mol. The lowest BCUT2D eigenvalue weighted by Crippen LogP contribution is -2.43. The van der Waals surface area contributed by atoms with Crippen molar-refractivity contribution in [3.05, 3.63) is 0 Å². The van der Waals surface area contributed by atoms with E-state index in [1.54, 1.807) is 11.8 Å². The first kappa shape index (κ1) is 20.3. The number of esters is 1. The van der Waals surface area contributed by atoms with Gasteiger partial charge in [-0.15, -0.1) is 0 Å². The van der Waals surface area contributed by atoms with Gasteiger partial charge in [0.25, 0.3) is 0 Å². The van der Waals surface area contributed by atoms with Crippen molar-refractivity contribution in [3.63, 3.8) is 0 Å². The molecule has 1 rings (SSSR count). The molecule has 1 fully saturated rings. The summed E-state index contributed by atoms with van der Waals surface area (Å²) in [5, 5.41) is 2.71. The standard InChI is InChI=1S/C17H30N2O5/c1-5-23-15(21)13-9-7-6-8-11-19(12-10-14(20)18-13)16(22)24-17(2,3)4/h13H,5-12H2,1-4H3,(H,18,20). The van der Waals surface area contributed by atoms with Crippen LogP contribution in [-0.4, -0.2) is 54.2 Å². The van der Waals surface area contributed by atoms with Gasteiger partial charge < -0.3 is 19.7 Å². The molecule has 0 aromatic carbocycles. The van der Waals surface area contributed by atoms with Gasteiger partial charge in [0, 0.05) is 19.5 Å². The summed E-state index contributed by atoms with van der Waals surface area (Å²) in [7, 11) is 0. The fraction of sp³-hybridized carbons (Fsp3) is 0.824. The molecule has 1 unspecified atom stereocenters. The number of carbonyl (C=O) groups excluding carboxylic acids is 3. The second-order valence-electron chi connectivity index (χ2n) is 6.94. The maximum absolute atomic E-state index is 12.2. The van der Waals surface area contributed by atoms with Crippen molar-refractivity contribution in [2.24, 2.45) is 0 Å². The molecule has 1 heterocycles. The van der Waals surface area contributed by atoms with Crippen LogP contribution < -0.4 is 5.32 Å². The van der Waals surface area contributed by atoms with Crippen molar-refractivity contribution in [2.45, 2.75) is 71.4 Å². The van der Waals surface area contributed by atoms with Crippen LogP contribution in [0.1, 0.15) is 59.8 Å². The van der Waals surface area contributed by atoms with E-state index in [-0.39, 0.29) is 25.5 Å². The van der Waals surface area contributed by atoms with Gasteiger partial charge in [-0.05, 0) is 40.5 Å². The zero-order valence-corrected chi connectivity index (χ0v) is 15.2. The zero-order chi connectivity index (χ0) is 18.2. The van der Waals surface area contributed by atoms with Crippen LogP contribution in [0.5, 0.6) is 0 Å². The molecule has 1 aliphatic heterocycles. The van der Waals surface area contributed by atoms with Gasteiger partial charge >= 0.3 is 12.1 Å². The number of nitrogens with zero attached hydrogens (tertiary/aromatic N) is 1. The minimum Gasteiger partial charge on any atom is -0.464 e. The minimum atomic E-state index is -0.606. The van der Waals surface area contributed by atoms with Gasteiger partial charge in [0.15, 0.2) is 0 Å². The molecule has 7 heteroatoms. The van der Waals surface area contributed by atoms with E-state index in [1.165, 1.54) is 0 Å². The first-order valence-electron chi connectivity index (χ1n) is 8.67. The number of carbonyl (C=O) groups is 3. The summed E-state index contributed by atoms with van der Waals surface area (Å²) in [5.41, 5.74) is -0.569. The van der Waals surface area contributed by atoms with Crippen molar-refractivity contribution >= 4 is 18.0 Å². The van der Waals surface area contributed by atoms with Crippen molar-refractivity contribution in [1.82, 2.24) is 10.2 Å². The molecular weight excluding hydrogens is 312 g/mol. The number of ether oxygens (including phenoxy) is 2. The fourth-order valence-electron chi connectivity index (χ4n) is 2.44. The third kappa shape index (κ3) is 7.66. The molecule has 2 amide bonds. The lowest BCUT2D eigenvalue weighted by molar-refractivity contribution is -0.147. The summed E-state index contributed by atoms with van der Waals surface area (Å²) >= 11 is 0. The molecule has 24 heavy (non-hydrogen) atoms. The van der Waals surface area contributed by atoms with Crippen molar-refractivity contribution < 1.29 is 23.9 Å². The van der Waals surface area contributed by atoms with Crippen molar-refractivity contribution in [1.29, 1.82) is 0 Å². The molecule has 0 spiro atoms. The van der Waals surface area contributed by atoms with Crippen LogP contribution in [0.4, 0.5) is 4.79 Å². The number of hydrogen-bond donors (Lipinski definition) is 1. The van der Waals surface area contributed by atoms with Gasteiger partial charge in [0.2, 0.25) is 5.91 Å². The molecule has 1 atom stereocenters. The number of hydrogen-bond acceptors (Lipinski definition) is 5. The van der Waals surface area contributed by atoms with Crippen LogP contribution in [0.25, 0.3) is 0 Å². The SMILES string of the molecule is CCOC(=O)C1CCCCCN(C(=O)OC(C)(C)C)CCC(=O)N1. The monoisotopic (exact) mass is 342 g/mol. The predicted molar refractivity (Wildman–Crippen MR) is 89.5 cm³/mol. The number of rotatable bonds is 2. The molecule has 1 saturated heterocycles. The maximum Gasteiger partial charge on any atom is 0.410 e. The first-order valence-corrected chi connectivity index (χ1v) is 8.67. The fourth-order valence-corrected chi connectivity index (χ4v) is 2.44. The van der Waals surface area contributed by atoms with E-state index in [2.05, 4.69) is 5.32 Å². The third-order valence-corrected chi connectivity index (χ3v) is 3.59. The highest BCUT2D eigenvalue weighted by atomic mass is 16.6. The van der Waals surface area contributed by atoms with Crippen LogP contribution in [0.15, 0.2) is 0 Å². The van der Waals surface area contributed by atoms with E-state index < -0.39 is 23.7 Å². The highest BCUT2D eigenvalue weighted by molar-refractivity contribution is 5.84. The minimum absolute atomic E-state index is 0.134. The van der Waals surface area contributed by atoms with E-state index in [4.69, 9.17) is 9.47 Å². The Morgan fingerprint density at radius 1 is 1.21 bits per heavy atom. The topological polar surface area (TPSA) is 84.9 Å². The molecule has 0 aromatic heterocycles. The van der Waals surface area contributed by atoms with E-state index in [9.17, 15) is 14.4 Å². The Kier molecular flexibility index (Phi) is 8.01. The lowest BCUT2D eigenvalue weighted by atomic mass is 10.1. The molecule has 1 N–H and O–H groups in total. The van der Waals surface area contributed by atoms with Gasteiger partial charge in [-0.25, -0.2) is 9.59 Å². The lowest BCUT2D eigenvalue weighted by Gasteiger charge is -2.27. The third-order valence-electron chi connectivity index (χ3n) is 3.59. The van der Waals surface area contributed by atoms with E-state index in [1.807, 2.05) is 20.8 Å². The van der Waals surface area contributed by atoms with Crippen molar-refractivity contribution in [3.8, 4) is 0 Å². The first-order chi connectivity index (χ1) is 11.2. The van der Waals surface area contributed by atoms with E-state index in [0.29, 0.717) is 13.0 Å². The normalized spacial score (nSPS) is 20.6. The quantitative estimate of drug-likeness (QED) is 0.778. The van der Waals surface area contributed by atoms with Gasteiger partial charge in [-0.3, -0.25) is 4.79 Å². The zero-order valence-electron chi connectivity index (χ0n) is 15.2. The molecule has 0 bridgehead atoms. The summed E-state index contributed by atoms with van der Waals surface area (Å²) in [5.74, 6) is -0.655. The Balaban J connectivity index is 2.67. The van der Waals surface area contributed by atoms with Gasteiger partial charge in [0.05, 0.1) is 6.61 Å². The summed E-state index contributed by atoms with van der Waals surface area (Å²) in [6, 6.07) is -0.606. The predicted octanol–water partition coefficient (Wildman–Crippen LogP) is 2.24. The summed E-state index contributed by atoms with van der Waals surface area (Å²) in [6.45, 7) is 8.29. The Morgan fingerprint density at radius 3 is 2.54 bits per heavy atom. The second kappa shape index (κ2) is 9.49. The molecule has 7 nitrogen and oxygen atoms in total. The van der Waals surface area contributed by atoms with Crippen molar-refractivity contribution in [2.75, 3.05) is 19.7 Å². The maximum atomic E-state index is 12.2. The second-order valence-corrected chi connectivity index (χ2v) is 6.94. The molecule has 1 aliphatic rings. The Morgan fingerprint density at radius 2 is 1.92 bits per heavy atom. The number of nitrogens with one attached hydrogen (secondary N) is 1. The number of amides is 2. The largest absolute Gasteiger partial charge is 0.464 e. The Hall–Kier alpha value is -1.79. The van der Waals surface area contributed by atoms with Gasteiger partial charge in [-0.2, -0.15) is 0 Å². The Labute approximate surface area is 144 Å².